The Morgan fingerprint density at radius 1 is 1.47 bits per heavy atom. The molecule has 0 saturated heterocycles. The minimum atomic E-state index is -1.46. The first-order valence-corrected chi connectivity index (χ1v) is 5.35. The van der Waals surface area contributed by atoms with Crippen molar-refractivity contribution in [2.24, 2.45) is 0 Å². The molecule has 0 heterocycles. The molecule has 17 heavy (non-hydrogen) atoms. The second-order valence-corrected chi connectivity index (χ2v) is 4.00. The van der Waals surface area contributed by atoms with Gasteiger partial charge in [-0.3, -0.25) is 4.79 Å². The summed E-state index contributed by atoms with van der Waals surface area (Å²) in [5.41, 5.74) is -0.293. The van der Waals surface area contributed by atoms with Crippen LogP contribution in [0.4, 0.5) is 4.39 Å². The monoisotopic (exact) mass is 305 g/mol. The van der Waals surface area contributed by atoms with Crippen LogP contribution < -0.4 is 5.32 Å². The molecule has 0 fully saturated rings. The highest BCUT2D eigenvalue weighted by molar-refractivity contribution is 9.10. The number of carboxylic acid groups (broad SMARTS) is 1. The quantitative estimate of drug-likeness (QED) is 0.766. The molecule has 0 aliphatic heterocycles. The zero-order valence-corrected chi connectivity index (χ0v) is 10.1. The molecule has 92 valence electrons. The molecule has 7 heteroatoms. The predicted molar refractivity (Wildman–Crippen MR) is 60.1 cm³/mol. The first kappa shape index (κ1) is 13.6. The second-order valence-electron chi connectivity index (χ2n) is 3.15. The van der Waals surface area contributed by atoms with Gasteiger partial charge in [-0.25, -0.2) is 9.18 Å². The summed E-state index contributed by atoms with van der Waals surface area (Å²) < 4.78 is 13.6. The van der Waals surface area contributed by atoms with Crippen LogP contribution in [0.15, 0.2) is 22.7 Å². The van der Waals surface area contributed by atoms with Gasteiger partial charge in [0.15, 0.2) is 6.04 Å². The van der Waals surface area contributed by atoms with Gasteiger partial charge in [0.2, 0.25) is 0 Å². The van der Waals surface area contributed by atoms with Gasteiger partial charge in [-0.2, -0.15) is 0 Å². The summed E-state index contributed by atoms with van der Waals surface area (Å²) in [7, 11) is 0. The Morgan fingerprint density at radius 2 is 2.12 bits per heavy atom. The molecule has 0 aliphatic rings. The topological polar surface area (TPSA) is 86.6 Å². The lowest BCUT2D eigenvalue weighted by Crippen LogP contribution is -2.43. The van der Waals surface area contributed by atoms with Gasteiger partial charge in [0.05, 0.1) is 16.6 Å². The molecule has 0 spiro atoms. The zero-order chi connectivity index (χ0) is 13.0. The number of carboxylic acids is 1. The molecule has 1 rings (SSSR count). The molecule has 0 bridgehead atoms. The maximum Gasteiger partial charge on any atom is 0.328 e. The van der Waals surface area contributed by atoms with Crippen LogP contribution in [0.5, 0.6) is 0 Å². The van der Waals surface area contributed by atoms with E-state index in [1.807, 2.05) is 5.32 Å². The van der Waals surface area contributed by atoms with Gasteiger partial charge in [-0.15, -0.1) is 0 Å². The number of aliphatic hydroxyl groups excluding tert-OH is 1. The Labute approximate surface area is 104 Å². The summed E-state index contributed by atoms with van der Waals surface area (Å²) in [6, 6.07) is 2.61. The number of hydrogen-bond acceptors (Lipinski definition) is 3. The Morgan fingerprint density at radius 3 is 2.65 bits per heavy atom. The van der Waals surface area contributed by atoms with E-state index < -0.39 is 30.3 Å². The van der Waals surface area contributed by atoms with E-state index in [1.165, 1.54) is 18.2 Å². The van der Waals surface area contributed by atoms with Crippen molar-refractivity contribution in [3.05, 3.63) is 34.1 Å². The normalized spacial score (nSPS) is 11.9. The maximum atomic E-state index is 13.5. The molecule has 0 aliphatic carbocycles. The molecule has 1 aromatic rings. The molecule has 3 N–H and O–H groups in total. The van der Waals surface area contributed by atoms with Crippen molar-refractivity contribution < 1.29 is 24.2 Å². The highest BCUT2D eigenvalue weighted by atomic mass is 79.9. The fourth-order valence-corrected chi connectivity index (χ4v) is 1.47. The van der Waals surface area contributed by atoms with Crippen molar-refractivity contribution in [3.8, 4) is 0 Å². The van der Waals surface area contributed by atoms with E-state index in [1.54, 1.807) is 0 Å². The number of halogens is 2. The number of carbonyl (C=O) groups excluding carboxylic acids is 1. The van der Waals surface area contributed by atoms with Gasteiger partial charge in [0, 0.05) is 0 Å². The van der Waals surface area contributed by atoms with E-state index in [9.17, 15) is 14.0 Å². The van der Waals surface area contributed by atoms with Crippen molar-refractivity contribution in [2.45, 2.75) is 6.04 Å². The molecule has 1 aromatic carbocycles. The number of rotatable bonds is 4. The maximum absolute atomic E-state index is 13.5. The lowest BCUT2D eigenvalue weighted by atomic mass is 10.2. The van der Waals surface area contributed by atoms with E-state index >= 15 is 0 Å². The summed E-state index contributed by atoms with van der Waals surface area (Å²) in [5, 5.41) is 19.3. The molecule has 0 saturated carbocycles. The summed E-state index contributed by atoms with van der Waals surface area (Å²) in [4.78, 5) is 22.1. The summed E-state index contributed by atoms with van der Waals surface area (Å²) in [6.07, 6.45) is 0. The zero-order valence-electron chi connectivity index (χ0n) is 8.48. The van der Waals surface area contributed by atoms with E-state index in [0.29, 0.717) is 0 Å². The van der Waals surface area contributed by atoms with Gasteiger partial charge >= 0.3 is 5.97 Å². The van der Waals surface area contributed by atoms with Crippen molar-refractivity contribution in [1.29, 1.82) is 0 Å². The minimum Gasteiger partial charge on any atom is -0.480 e. The number of nitrogens with one attached hydrogen (secondary N) is 1. The lowest BCUT2D eigenvalue weighted by molar-refractivity contribution is -0.140. The summed E-state index contributed by atoms with van der Waals surface area (Å²) in [6.45, 7) is -0.767. The second kappa shape index (κ2) is 5.74. The standard InChI is InChI=1S/C10H9BrFNO4/c11-6-3-1-2-5(8(6)12)9(15)13-7(4-14)10(16)17/h1-3,7,14H,4H2,(H,13,15)(H,16,17)/t7-/m1/s1. The van der Waals surface area contributed by atoms with Crippen LogP contribution in [0.2, 0.25) is 0 Å². The van der Waals surface area contributed by atoms with Crippen LogP contribution in [-0.4, -0.2) is 34.7 Å². The Kier molecular flexibility index (Phi) is 4.59. The number of aliphatic hydroxyl groups is 1. The SMILES string of the molecule is O=C(N[C@H](CO)C(=O)O)c1cccc(Br)c1F. The van der Waals surface area contributed by atoms with Crippen LogP contribution in [-0.2, 0) is 4.79 Å². The Hall–Kier alpha value is -1.47. The number of aliphatic carboxylic acids is 1. The lowest BCUT2D eigenvalue weighted by Gasteiger charge is -2.12. The number of benzene rings is 1. The van der Waals surface area contributed by atoms with E-state index in [0.717, 1.165) is 0 Å². The molecule has 1 amide bonds. The van der Waals surface area contributed by atoms with Crippen LogP contribution in [0.1, 0.15) is 10.4 Å². The average Bonchev–Trinajstić information content (AvgIpc) is 2.28. The highest BCUT2D eigenvalue weighted by Gasteiger charge is 2.21. The fourth-order valence-electron chi connectivity index (χ4n) is 1.10. The Bertz CT molecular complexity index is 452. The third-order valence-electron chi connectivity index (χ3n) is 1.98. The van der Waals surface area contributed by atoms with Crippen molar-refractivity contribution >= 4 is 27.8 Å². The molecular formula is C10H9BrFNO4. The number of carbonyl (C=O) groups is 2. The minimum absolute atomic E-state index is 0.0982. The van der Waals surface area contributed by atoms with Crippen molar-refractivity contribution in [1.82, 2.24) is 5.32 Å². The molecule has 0 radical (unpaired) electrons. The smallest absolute Gasteiger partial charge is 0.328 e. The molecular weight excluding hydrogens is 297 g/mol. The first-order chi connectivity index (χ1) is 7.97. The third-order valence-corrected chi connectivity index (χ3v) is 2.59. The van der Waals surface area contributed by atoms with E-state index in [-0.39, 0.29) is 10.0 Å². The van der Waals surface area contributed by atoms with Gasteiger partial charge in [0.25, 0.3) is 5.91 Å². The van der Waals surface area contributed by atoms with Crippen LogP contribution >= 0.6 is 15.9 Å². The molecule has 5 nitrogen and oxygen atoms in total. The predicted octanol–water partition coefficient (Wildman–Crippen LogP) is 0.763. The third kappa shape index (κ3) is 3.24. The van der Waals surface area contributed by atoms with Crippen molar-refractivity contribution in [2.75, 3.05) is 6.61 Å². The molecule has 0 unspecified atom stereocenters. The first-order valence-electron chi connectivity index (χ1n) is 4.56. The van der Waals surface area contributed by atoms with Gasteiger partial charge in [-0.1, -0.05) is 6.07 Å². The molecule has 1 atom stereocenters. The van der Waals surface area contributed by atoms with Crippen LogP contribution in [0.3, 0.4) is 0 Å². The summed E-state index contributed by atoms with van der Waals surface area (Å²) >= 11 is 2.91. The average molecular weight is 306 g/mol. The van der Waals surface area contributed by atoms with Crippen molar-refractivity contribution in [3.63, 3.8) is 0 Å². The number of amides is 1. The van der Waals surface area contributed by atoms with Gasteiger partial charge in [0.1, 0.15) is 5.82 Å². The fraction of sp³-hybridized carbons (Fsp3) is 0.200. The van der Waals surface area contributed by atoms with E-state index in [4.69, 9.17) is 10.2 Å². The van der Waals surface area contributed by atoms with Gasteiger partial charge < -0.3 is 15.5 Å². The largest absolute Gasteiger partial charge is 0.480 e. The number of hydrogen-bond donors (Lipinski definition) is 3. The van der Waals surface area contributed by atoms with E-state index in [2.05, 4.69) is 15.9 Å². The van der Waals surface area contributed by atoms with Crippen LogP contribution in [0, 0.1) is 5.82 Å². The summed E-state index contributed by atoms with van der Waals surface area (Å²) in [5.74, 6) is -3.08. The van der Waals surface area contributed by atoms with Gasteiger partial charge in [-0.05, 0) is 28.1 Å². The molecule has 0 aromatic heterocycles. The van der Waals surface area contributed by atoms with Crippen LogP contribution in [0.25, 0.3) is 0 Å². The highest BCUT2D eigenvalue weighted by Crippen LogP contribution is 2.18. The Balaban J connectivity index is 2.90.